The second-order valence-corrected chi connectivity index (χ2v) is 5.38. The van der Waals surface area contributed by atoms with Crippen molar-refractivity contribution in [2.24, 2.45) is 11.7 Å². The third-order valence-electron chi connectivity index (χ3n) is 3.87. The van der Waals surface area contributed by atoms with E-state index in [2.05, 4.69) is 36.4 Å². The standard InChI is InChI=1S/C17H21NO/c18-11-9-16-15-4-2-1-3-14(15)7-8-17(16)19-12-10-13-5-6-13/h1-4,7-8,13H,5-6,9-12,18H2. The van der Waals surface area contributed by atoms with E-state index in [9.17, 15) is 0 Å². The molecule has 3 rings (SSSR count). The van der Waals surface area contributed by atoms with Crippen LogP contribution < -0.4 is 10.5 Å². The fourth-order valence-corrected chi connectivity index (χ4v) is 2.60. The molecule has 0 heterocycles. The van der Waals surface area contributed by atoms with E-state index in [1.165, 1.54) is 35.6 Å². The van der Waals surface area contributed by atoms with Crippen molar-refractivity contribution in [2.45, 2.75) is 25.7 Å². The lowest BCUT2D eigenvalue weighted by molar-refractivity contribution is 0.300. The van der Waals surface area contributed by atoms with Gasteiger partial charge < -0.3 is 10.5 Å². The summed E-state index contributed by atoms with van der Waals surface area (Å²) in [5, 5.41) is 2.54. The maximum atomic E-state index is 5.99. The van der Waals surface area contributed by atoms with Gasteiger partial charge in [0.2, 0.25) is 0 Å². The van der Waals surface area contributed by atoms with E-state index in [0.717, 1.165) is 24.7 Å². The highest BCUT2D eigenvalue weighted by Crippen LogP contribution is 2.33. The molecule has 0 amide bonds. The predicted molar refractivity (Wildman–Crippen MR) is 79.5 cm³/mol. The van der Waals surface area contributed by atoms with Gasteiger partial charge in [0, 0.05) is 5.56 Å². The first-order valence-electron chi connectivity index (χ1n) is 7.22. The van der Waals surface area contributed by atoms with Gasteiger partial charge in [0.1, 0.15) is 5.75 Å². The third kappa shape index (κ3) is 2.90. The molecule has 0 aliphatic heterocycles. The average molecular weight is 255 g/mol. The fourth-order valence-electron chi connectivity index (χ4n) is 2.60. The summed E-state index contributed by atoms with van der Waals surface area (Å²) in [5.74, 6) is 1.93. The fraction of sp³-hybridized carbons (Fsp3) is 0.412. The van der Waals surface area contributed by atoms with Crippen molar-refractivity contribution in [3.63, 3.8) is 0 Å². The monoisotopic (exact) mass is 255 g/mol. The van der Waals surface area contributed by atoms with Gasteiger partial charge in [-0.25, -0.2) is 0 Å². The van der Waals surface area contributed by atoms with Gasteiger partial charge in [0.15, 0.2) is 0 Å². The molecule has 2 aromatic carbocycles. The van der Waals surface area contributed by atoms with Crippen LogP contribution in [0.25, 0.3) is 10.8 Å². The summed E-state index contributed by atoms with van der Waals surface area (Å²) in [4.78, 5) is 0. The van der Waals surface area contributed by atoms with Gasteiger partial charge in [0.05, 0.1) is 6.61 Å². The molecule has 0 saturated heterocycles. The van der Waals surface area contributed by atoms with Gasteiger partial charge in [-0.05, 0) is 42.1 Å². The van der Waals surface area contributed by atoms with Crippen molar-refractivity contribution in [3.05, 3.63) is 42.0 Å². The SMILES string of the molecule is NCCc1c(OCCC2CC2)ccc2ccccc12. The minimum Gasteiger partial charge on any atom is -0.493 e. The van der Waals surface area contributed by atoms with Crippen molar-refractivity contribution >= 4 is 10.8 Å². The number of nitrogens with two attached hydrogens (primary N) is 1. The summed E-state index contributed by atoms with van der Waals surface area (Å²) in [6.45, 7) is 1.49. The second-order valence-electron chi connectivity index (χ2n) is 5.38. The number of hydrogen-bond acceptors (Lipinski definition) is 2. The predicted octanol–water partition coefficient (Wildman–Crippen LogP) is 3.52. The molecule has 0 aromatic heterocycles. The molecule has 0 unspecified atom stereocenters. The summed E-state index contributed by atoms with van der Waals surface area (Å²) in [6, 6.07) is 12.7. The summed E-state index contributed by atoms with van der Waals surface area (Å²) in [7, 11) is 0. The highest BCUT2D eigenvalue weighted by molar-refractivity contribution is 5.87. The van der Waals surface area contributed by atoms with E-state index >= 15 is 0 Å². The normalized spacial score (nSPS) is 14.8. The van der Waals surface area contributed by atoms with E-state index in [1.807, 2.05) is 0 Å². The van der Waals surface area contributed by atoms with Crippen LogP contribution in [0.15, 0.2) is 36.4 Å². The molecule has 0 atom stereocenters. The Morgan fingerprint density at radius 3 is 2.74 bits per heavy atom. The Hall–Kier alpha value is -1.54. The topological polar surface area (TPSA) is 35.2 Å². The van der Waals surface area contributed by atoms with Crippen molar-refractivity contribution in [1.29, 1.82) is 0 Å². The lowest BCUT2D eigenvalue weighted by Gasteiger charge is -2.13. The van der Waals surface area contributed by atoms with Gasteiger partial charge >= 0.3 is 0 Å². The Morgan fingerprint density at radius 1 is 1.11 bits per heavy atom. The van der Waals surface area contributed by atoms with Crippen LogP contribution in [-0.2, 0) is 6.42 Å². The summed E-state index contributed by atoms with van der Waals surface area (Å²) in [6.07, 6.45) is 4.84. The maximum absolute atomic E-state index is 5.99. The Labute approximate surface area is 114 Å². The zero-order valence-electron chi connectivity index (χ0n) is 11.3. The van der Waals surface area contributed by atoms with Crippen LogP contribution in [0.5, 0.6) is 5.75 Å². The molecule has 0 radical (unpaired) electrons. The lowest BCUT2D eigenvalue weighted by Crippen LogP contribution is -2.07. The first kappa shape index (κ1) is 12.5. The van der Waals surface area contributed by atoms with Crippen molar-refractivity contribution in [3.8, 4) is 5.75 Å². The molecule has 2 heteroatoms. The molecule has 0 bridgehead atoms. The Balaban J connectivity index is 1.85. The van der Waals surface area contributed by atoms with Crippen LogP contribution in [0.3, 0.4) is 0 Å². The summed E-state index contributed by atoms with van der Waals surface area (Å²) in [5.41, 5.74) is 7.01. The molecule has 2 N–H and O–H groups in total. The number of hydrogen-bond donors (Lipinski definition) is 1. The van der Waals surface area contributed by atoms with Crippen LogP contribution in [0, 0.1) is 5.92 Å². The smallest absolute Gasteiger partial charge is 0.123 e. The second kappa shape index (κ2) is 5.62. The van der Waals surface area contributed by atoms with Crippen LogP contribution >= 0.6 is 0 Å². The van der Waals surface area contributed by atoms with Crippen molar-refractivity contribution < 1.29 is 4.74 Å². The Morgan fingerprint density at radius 2 is 1.95 bits per heavy atom. The zero-order chi connectivity index (χ0) is 13.1. The summed E-state index contributed by atoms with van der Waals surface area (Å²) >= 11 is 0. The number of benzene rings is 2. The van der Waals surface area contributed by atoms with E-state index in [0.29, 0.717) is 6.54 Å². The van der Waals surface area contributed by atoms with Gasteiger partial charge in [-0.3, -0.25) is 0 Å². The zero-order valence-corrected chi connectivity index (χ0v) is 11.3. The molecule has 2 nitrogen and oxygen atoms in total. The number of ether oxygens (including phenoxy) is 1. The highest BCUT2D eigenvalue weighted by atomic mass is 16.5. The average Bonchev–Trinajstić information content (AvgIpc) is 3.25. The molecular weight excluding hydrogens is 234 g/mol. The van der Waals surface area contributed by atoms with Gasteiger partial charge in [-0.1, -0.05) is 43.2 Å². The lowest BCUT2D eigenvalue weighted by atomic mass is 10.0. The van der Waals surface area contributed by atoms with Crippen molar-refractivity contribution in [2.75, 3.05) is 13.2 Å². The largest absolute Gasteiger partial charge is 0.493 e. The molecule has 1 aliphatic carbocycles. The molecular formula is C17H21NO. The van der Waals surface area contributed by atoms with Crippen LogP contribution in [0.4, 0.5) is 0 Å². The third-order valence-corrected chi connectivity index (χ3v) is 3.87. The molecule has 1 fully saturated rings. The van der Waals surface area contributed by atoms with Crippen LogP contribution in [-0.4, -0.2) is 13.2 Å². The Kier molecular flexibility index (Phi) is 3.69. The number of rotatable bonds is 6. The van der Waals surface area contributed by atoms with Crippen molar-refractivity contribution in [1.82, 2.24) is 0 Å². The molecule has 1 aliphatic rings. The summed E-state index contributed by atoms with van der Waals surface area (Å²) < 4.78 is 5.99. The van der Waals surface area contributed by atoms with Crippen LogP contribution in [0.1, 0.15) is 24.8 Å². The maximum Gasteiger partial charge on any atom is 0.123 e. The van der Waals surface area contributed by atoms with E-state index < -0.39 is 0 Å². The Bertz CT molecular complexity index is 560. The van der Waals surface area contributed by atoms with E-state index in [4.69, 9.17) is 10.5 Å². The highest BCUT2D eigenvalue weighted by Gasteiger charge is 2.21. The van der Waals surface area contributed by atoms with Crippen LogP contribution in [0.2, 0.25) is 0 Å². The van der Waals surface area contributed by atoms with Gasteiger partial charge in [-0.2, -0.15) is 0 Å². The molecule has 2 aromatic rings. The minimum atomic E-state index is 0.660. The molecule has 1 saturated carbocycles. The van der Waals surface area contributed by atoms with Gasteiger partial charge in [0.25, 0.3) is 0 Å². The number of fused-ring (bicyclic) bond motifs is 1. The molecule has 19 heavy (non-hydrogen) atoms. The van der Waals surface area contributed by atoms with E-state index in [1.54, 1.807) is 0 Å². The minimum absolute atomic E-state index is 0.660. The molecule has 100 valence electrons. The van der Waals surface area contributed by atoms with E-state index in [-0.39, 0.29) is 0 Å². The first-order chi connectivity index (χ1) is 9.38. The van der Waals surface area contributed by atoms with Gasteiger partial charge in [-0.15, -0.1) is 0 Å². The molecule has 0 spiro atoms. The first-order valence-corrected chi connectivity index (χ1v) is 7.22. The quantitative estimate of drug-likeness (QED) is 0.857.